The second kappa shape index (κ2) is 3.83. The van der Waals surface area contributed by atoms with Crippen molar-refractivity contribution in [1.82, 2.24) is 0 Å². The molecular weight excluding hydrogens is 188 g/mol. The van der Waals surface area contributed by atoms with Gasteiger partial charge >= 0.3 is 0 Å². The largest absolute Gasteiger partial charge is 0.395 e. The number of anilines is 1. The zero-order chi connectivity index (χ0) is 11.0. The van der Waals surface area contributed by atoms with Gasteiger partial charge in [0.2, 0.25) is 0 Å². The van der Waals surface area contributed by atoms with Crippen LogP contribution < -0.4 is 11.1 Å². The molecule has 3 heteroatoms. The van der Waals surface area contributed by atoms with Crippen LogP contribution in [0.1, 0.15) is 16.7 Å². The van der Waals surface area contributed by atoms with Crippen LogP contribution >= 0.6 is 0 Å². The van der Waals surface area contributed by atoms with Gasteiger partial charge in [0.05, 0.1) is 6.61 Å². The molecule has 2 atom stereocenters. The zero-order valence-corrected chi connectivity index (χ0v) is 9.25. The average molecular weight is 206 g/mol. The number of rotatable bonds is 2. The summed E-state index contributed by atoms with van der Waals surface area (Å²) in [7, 11) is 0. The molecule has 0 fully saturated rings. The number of aliphatic hydroxyl groups excluding tert-OH is 1. The highest BCUT2D eigenvalue weighted by Gasteiger charge is 2.26. The lowest BCUT2D eigenvalue weighted by Gasteiger charge is -2.17. The van der Waals surface area contributed by atoms with Crippen molar-refractivity contribution in [2.24, 2.45) is 5.73 Å². The van der Waals surface area contributed by atoms with Crippen LogP contribution in [-0.4, -0.2) is 23.8 Å². The predicted octanol–water partition coefficient (Wildman–Crippen LogP) is 0.960. The molecule has 0 saturated heterocycles. The van der Waals surface area contributed by atoms with E-state index in [1.54, 1.807) is 0 Å². The molecule has 0 spiro atoms. The van der Waals surface area contributed by atoms with Gasteiger partial charge < -0.3 is 16.2 Å². The Bertz CT molecular complexity index is 376. The van der Waals surface area contributed by atoms with E-state index in [1.165, 1.54) is 22.4 Å². The van der Waals surface area contributed by atoms with Crippen molar-refractivity contribution in [3.05, 3.63) is 28.8 Å². The van der Waals surface area contributed by atoms with Gasteiger partial charge in [-0.2, -0.15) is 0 Å². The first kappa shape index (κ1) is 10.5. The molecular formula is C12H18N2O. The van der Waals surface area contributed by atoms with E-state index >= 15 is 0 Å². The summed E-state index contributed by atoms with van der Waals surface area (Å²) in [5.74, 6) is 0. The summed E-state index contributed by atoms with van der Waals surface area (Å²) in [5.41, 5.74) is 10.9. The maximum Gasteiger partial charge on any atom is 0.0602 e. The molecule has 82 valence electrons. The molecule has 0 aromatic heterocycles. The number of nitrogens with one attached hydrogen (secondary N) is 1. The smallest absolute Gasteiger partial charge is 0.0602 e. The fourth-order valence-corrected chi connectivity index (χ4v) is 2.25. The van der Waals surface area contributed by atoms with E-state index in [0.29, 0.717) is 0 Å². The van der Waals surface area contributed by atoms with Gasteiger partial charge in [-0.25, -0.2) is 0 Å². The van der Waals surface area contributed by atoms with Crippen LogP contribution in [0.2, 0.25) is 0 Å². The summed E-state index contributed by atoms with van der Waals surface area (Å²) >= 11 is 0. The van der Waals surface area contributed by atoms with E-state index in [1.807, 2.05) is 0 Å². The maximum atomic E-state index is 9.03. The van der Waals surface area contributed by atoms with Crippen molar-refractivity contribution >= 4 is 5.69 Å². The molecule has 0 radical (unpaired) electrons. The Morgan fingerprint density at radius 1 is 1.53 bits per heavy atom. The normalized spacial score (nSPS) is 20.9. The zero-order valence-electron chi connectivity index (χ0n) is 9.25. The average Bonchev–Trinajstić information content (AvgIpc) is 2.60. The molecule has 1 aliphatic rings. The van der Waals surface area contributed by atoms with Gasteiger partial charge in [-0.15, -0.1) is 0 Å². The van der Waals surface area contributed by atoms with E-state index in [4.69, 9.17) is 10.8 Å². The fraction of sp³-hybridized carbons (Fsp3) is 0.500. The van der Waals surface area contributed by atoms with Gasteiger partial charge in [0.25, 0.3) is 0 Å². The highest BCUT2D eigenvalue weighted by molar-refractivity contribution is 5.61. The second-order valence-corrected chi connectivity index (χ2v) is 4.41. The summed E-state index contributed by atoms with van der Waals surface area (Å²) < 4.78 is 0. The lowest BCUT2D eigenvalue weighted by Crippen LogP contribution is -2.41. The monoisotopic (exact) mass is 206 g/mol. The van der Waals surface area contributed by atoms with Gasteiger partial charge in [0.1, 0.15) is 0 Å². The minimum atomic E-state index is -0.183. The Morgan fingerprint density at radius 2 is 2.27 bits per heavy atom. The Morgan fingerprint density at radius 3 is 2.93 bits per heavy atom. The molecule has 0 bridgehead atoms. The van der Waals surface area contributed by atoms with Gasteiger partial charge in [-0.1, -0.05) is 6.07 Å². The molecule has 1 aliphatic heterocycles. The van der Waals surface area contributed by atoms with Crippen LogP contribution in [0, 0.1) is 13.8 Å². The first-order chi connectivity index (χ1) is 7.11. The summed E-state index contributed by atoms with van der Waals surface area (Å²) in [6, 6.07) is 4.32. The third kappa shape index (κ3) is 1.85. The molecule has 0 saturated carbocycles. The summed E-state index contributed by atoms with van der Waals surface area (Å²) in [6.07, 6.45) is 0.920. The molecule has 1 aromatic rings. The number of hydrogen-bond acceptors (Lipinski definition) is 3. The number of hydrogen-bond donors (Lipinski definition) is 3. The van der Waals surface area contributed by atoms with Crippen molar-refractivity contribution in [1.29, 1.82) is 0 Å². The summed E-state index contributed by atoms with van der Waals surface area (Å²) in [6.45, 7) is 4.25. The lowest BCUT2D eigenvalue weighted by molar-refractivity contribution is 0.254. The van der Waals surface area contributed by atoms with Crippen LogP contribution in [0.15, 0.2) is 12.1 Å². The molecule has 3 nitrogen and oxygen atoms in total. The summed E-state index contributed by atoms with van der Waals surface area (Å²) in [4.78, 5) is 0. The van der Waals surface area contributed by atoms with Gasteiger partial charge in [0.15, 0.2) is 0 Å². The fourth-order valence-electron chi connectivity index (χ4n) is 2.25. The quantitative estimate of drug-likeness (QED) is 0.675. The first-order valence-electron chi connectivity index (χ1n) is 5.35. The van der Waals surface area contributed by atoms with Crippen molar-refractivity contribution in [2.75, 3.05) is 11.9 Å². The Balaban J connectivity index is 2.27. The SMILES string of the molecule is Cc1cc(C)c2c(c1)NC(C(N)CO)C2. The number of fused-ring (bicyclic) bond motifs is 1. The highest BCUT2D eigenvalue weighted by Crippen LogP contribution is 2.30. The molecule has 1 heterocycles. The predicted molar refractivity (Wildman–Crippen MR) is 62.1 cm³/mol. The van der Waals surface area contributed by atoms with Crippen molar-refractivity contribution < 1.29 is 5.11 Å². The first-order valence-corrected chi connectivity index (χ1v) is 5.35. The Hall–Kier alpha value is -1.06. The third-order valence-corrected chi connectivity index (χ3v) is 3.11. The minimum Gasteiger partial charge on any atom is -0.395 e. The minimum absolute atomic E-state index is 0.0314. The van der Waals surface area contributed by atoms with Crippen LogP contribution in [0.25, 0.3) is 0 Å². The van der Waals surface area contributed by atoms with Gasteiger partial charge in [0, 0.05) is 17.8 Å². The van der Waals surface area contributed by atoms with E-state index in [9.17, 15) is 0 Å². The van der Waals surface area contributed by atoms with E-state index in [2.05, 4.69) is 31.3 Å². The van der Waals surface area contributed by atoms with E-state index < -0.39 is 0 Å². The van der Waals surface area contributed by atoms with Crippen molar-refractivity contribution in [2.45, 2.75) is 32.4 Å². The highest BCUT2D eigenvalue weighted by atomic mass is 16.3. The van der Waals surface area contributed by atoms with E-state index in [0.717, 1.165) is 6.42 Å². The molecule has 0 amide bonds. The van der Waals surface area contributed by atoms with Gasteiger partial charge in [-0.3, -0.25) is 0 Å². The molecule has 0 aliphatic carbocycles. The number of nitrogens with two attached hydrogens (primary N) is 1. The van der Waals surface area contributed by atoms with Crippen molar-refractivity contribution in [3.8, 4) is 0 Å². The maximum absolute atomic E-state index is 9.03. The second-order valence-electron chi connectivity index (χ2n) is 4.41. The Labute approximate surface area is 90.3 Å². The Kier molecular flexibility index (Phi) is 2.67. The van der Waals surface area contributed by atoms with Gasteiger partial charge in [-0.05, 0) is 43.0 Å². The number of aliphatic hydroxyl groups is 1. The third-order valence-electron chi connectivity index (χ3n) is 3.11. The molecule has 2 rings (SSSR count). The topological polar surface area (TPSA) is 58.3 Å². The van der Waals surface area contributed by atoms with Crippen LogP contribution in [0.4, 0.5) is 5.69 Å². The number of benzene rings is 1. The molecule has 2 unspecified atom stereocenters. The molecule has 1 aromatic carbocycles. The van der Waals surface area contributed by atoms with Crippen LogP contribution in [-0.2, 0) is 6.42 Å². The van der Waals surface area contributed by atoms with Crippen LogP contribution in [0.3, 0.4) is 0 Å². The van der Waals surface area contributed by atoms with Crippen LogP contribution in [0.5, 0.6) is 0 Å². The lowest BCUT2D eigenvalue weighted by atomic mass is 10.00. The molecule has 15 heavy (non-hydrogen) atoms. The number of aryl methyl sites for hydroxylation is 2. The summed E-state index contributed by atoms with van der Waals surface area (Å²) in [5, 5.41) is 12.4. The standard InChI is InChI=1S/C12H18N2O/c1-7-3-8(2)9-5-12(10(13)6-15)14-11(9)4-7/h3-4,10,12,14-15H,5-6,13H2,1-2H3. The van der Waals surface area contributed by atoms with Crippen molar-refractivity contribution in [3.63, 3.8) is 0 Å². The molecule has 4 N–H and O–H groups in total. The van der Waals surface area contributed by atoms with E-state index in [-0.39, 0.29) is 18.7 Å².